The van der Waals surface area contributed by atoms with Gasteiger partial charge in [-0.1, -0.05) is 0 Å². The number of benzene rings is 1. The number of alkyl halides is 1. The van der Waals surface area contributed by atoms with Gasteiger partial charge in [0.05, 0.1) is 21.4 Å². The van der Waals surface area contributed by atoms with E-state index < -0.39 is 0 Å². The summed E-state index contributed by atoms with van der Waals surface area (Å²) in [6.45, 7) is 2.06. The summed E-state index contributed by atoms with van der Waals surface area (Å²) in [7, 11) is 2.11. The van der Waals surface area contributed by atoms with E-state index in [4.69, 9.17) is 11.6 Å². The Labute approximate surface area is 130 Å². The van der Waals surface area contributed by atoms with E-state index in [2.05, 4.69) is 37.4 Å². The highest BCUT2D eigenvalue weighted by Crippen LogP contribution is 2.30. The molecule has 0 bridgehead atoms. The molecule has 1 saturated heterocycles. The number of likely N-dealkylation sites (N-methyl/N-ethyl adjacent to an activating group) is 1. The van der Waals surface area contributed by atoms with Crippen LogP contribution < -0.4 is 0 Å². The van der Waals surface area contributed by atoms with E-state index in [9.17, 15) is 4.39 Å². The number of halogens is 3. The third kappa shape index (κ3) is 2.47. The molecule has 1 atom stereocenters. The van der Waals surface area contributed by atoms with Crippen LogP contribution in [0.3, 0.4) is 0 Å². The molecule has 1 aliphatic heterocycles. The SMILES string of the molecule is CN1CCCC(n2c(CCl)nc3cc(Br)c(F)cc32)C1. The van der Waals surface area contributed by atoms with Crippen molar-refractivity contribution in [1.29, 1.82) is 0 Å². The normalized spacial score (nSPS) is 20.7. The first-order valence-electron chi connectivity index (χ1n) is 6.70. The van der Waals surface area contributed by atoms with E-state index in [0.717, 1.165) is 42.8 Å². The van der Waals surface area contributed by atoms with Gasteiger partial charge in [-0.05, 0) is 48.4 Å². The molecule has 1 aliphatic rings. The molecular formula is C14H16BrClFN3. The number of hydrogen-bond donors (Lipinski definition) is 0. The van der Waals surface area contributed by atoms with Crippen molar-refractivity contribution in [3.8, 4) is 0 Å². The van der Waals surface area contributed by atoms with Crippen LogP contribution in [0.15, 0.2) is 16.6 Å². The molecule has 0 amide bonds. The monoisotopic (exact) mass is 359 g/mol. The number of aromatic nitrogens is 2. The minimum Gasteiger partial charge on any atom is -0.322 e. The zero-order valence-corrected chi connectivity index (χ0v) is 13.6. The highest BCUT2D eigenvalue weighted by molar-refractivity contribution is 9.10. The summed E-state index contributed by atoms with van der Waals surface area (Å²) < 4.78 is 16.4. The number of nitrogens with zero attached hydrogens (tertiary/aromatic N) is 3. The van der Waals surface area contributed by atoms with Gasteiger partial charge in [-0.3, -0.25) is 0 Å². The first kappa shape index (κ1) is 14.3. The maximum Gasteiger partial charge on any atom is 0.139 e. The molecule has 1 fully saturated rings. The van der Waals surface area contributed by atoms with Crippen molar-refractivity contribution in [3.63, 3.8) is 0 Å². The van der Waals surface area contributed by atoms with Crippen LogP contribution in [-0.2, 0) is 5.88 Å². The lowest BCUT2D eigenvalue weighted by Gasteiger charge is -2.31. The molecular weight excluding hydrogens is 345 g/mol. The van der Waals surface area contributed by atoms with Gasteiger partial charge in [0.2, 0.25) is 0 Å². The lowest BCUT2D eigenvalue weighted by Crippen LogP contribution is -2.34. The lowest BCUT2D eigenvalue weighted by molar-refractivity contribution is 0.213. The predicted molar refractivity (Wildman–Crippen MR) is 82.7 cm³/mol. The zero-order valence-electron chi connectivity index (χ0n) is 11.2. The third-order valence-corrected chi connectivity index (χ3v) is 4.74. The van der Waals surface area contributed by atoms with E-state index in [1.165, 1.54) is 0 Å². The molecule has 0 N–H and O–H groups in total. The molecule has 0 spiro atoms. The van der Waals surface area contributed by atoms with Gasteiger partial charge < -0.3 is 9.47 Å². The fourth-order valence-electron chi connectivity index (χ4n) is 2.99. The largest absolute Gasteiger partial charge is 0.322 e. The van der Waals surface area contributed by atoms with Crippen molar-refractivity contribution in [3.05, 3.63) is 28.2 Å². The number of rotatable bonds is 2. The van der Waals surface area contributed by atoms with Crippen LogP contribution >= 0.6 is 27.5 Å². The number of imidazole rings is 1. The summed E-state index contributed by atoms with van der Waals surface area (Å²) in [5.41, 5.74) is 1.63. The Morgan fingerprint density at radius 2 is 2.30 bits per heavy atom. The van der Waals surface area contributed by atoms with Gasteiger partial charge in [0.15, 0.2) is 0 Å². The summed E-state index contributed by atoms with van der Waals surface area (Å²) in [4.78, 5) is 6.85. The van der Waals surface area contributed by atoms with Crippen LogP contribution in [0.1, 0.15) is 24.7 Å². The van der Waals surface area contributed by atoms with Crippen molar-refractivity contribution in [1.82, 2.24) is 14.5 Å². The summed E-state index contributed by atoms with van der Waals surface area (Å²) in [6.07, 6.45) is 2.22. The molecule has 2 aromatic rings. The summed E-state index contributed by atoms with van der Waals surface area (Å²) >= 11 is 9.25. The predicted octanol–water partition coefficient (Wildman–Crippen LogP) is 3.94. The Hall–Kier alpha value is -0.650. The number of likely N-dealkylation sites (tertiary alicyclic amines) is 1. The van der Waals surface area contributed by atoms with Crippen molar-refractivity contribution < 1.29 is 4.39 Å². The van der Waals surface area contributed by atoms with Gasteiger partial charge >= 0.3 is 0 Å². The Morgan fingerprint density at radius 1 is 1.50 bits per heavy atom. The Kier molecular flexibility index (Phi) is 4.02. The molecule has 6 heteroatoms. The van der Waals surface area contributed by atoms with E-state index in [1.807, 2.05) is 0 Å². The molecule has 1 aromatic carbocycles. The maximum atomic E-state index is 13.9. The summed E-state index contributed by atoms with van der Waals surface area (Å²) in [5.74, 6) is 0.900. The molecule has 3 rings (SSSR count). The van der Waals surface area contributed by atoms with Gasteiger partial charge in [-0.2, -0.15) is 0 Å². The second-order valence-electron chi connectivity index (χ2n) is 5.34. The minimum absolute atomic E-state index is 0.260. The van der Waals surface area contributed by atoms with Gasteiger partial charge in [-0.15, -0.1) is 11.6 Å². The number of hydrogen-bond acceptors (Lipinski definition) is 2. The molecule has 1 unspecified atom stereocenters. The second kappa shape index (κ2) is 5.62. The van der Waals surface area contributed by atoms with Gasteiger partial charge in [0, 0.05) is 18.7 Å². The maximum absolute atomic E-state index is 13.9. The van der Waals surface area contributed by atoms with E-state index >= 15 is 0 Å². The molecule has 0 saturated carbocycles. The first-order chi connectivity index (χ1) is 9.60. The fraction of sp³-hybridized carbons (Fsp3) is 0.500. The van der Waals surface area contributed by atoms with Crippen LogP contribution in [0.2, 0.25) is 0 Å². The van der Waals surface area contributed by atoms with Crippen molar-refractivity contribution in [2.24, 2.45) is 0 Å². The lowest BCUT2D eigenvalue weighted by atomic mass is 10.1. The first-order valence-corrected chi connectivity index (χ1v) is 8.03. The third-order valence-electron chi connectivity index (χ3n) is 3.89. The summed E-state index contributed by atoms with van der Waals surface area (Å²) in [5, 5.41) is 0. The highest BCUT2D eigenvalue weighted by atomic mass is 79.9. The topological polar surface area (TPSA) is 21.1 Å². The molecule has 0 radical (unpaired) electrons. The standard InChI is InChI=1S/C14H16BrClFN3/c1-19-4-2-3-9(8-19)20-13-6-11(17)10(15)5-12(13)18-14(20)7-16/h5-6,9H,2-4,7-8H2,1H3. The van der Waals surface area contributed by atoms with E-state index in [0.29, 0.717) is 16.4 Å². The average Bonchev–Trinajstić information content (AvgIpc) is 2.77. The number of piperidine rings is 1. The van der Waals surface area contributed by atoms with Crippen LogP contribution in [0.5, 0.6) is 0 Å². The quantitative estimate of drug-likeness (QED) is 0.756. The smallest absolute Gasteiger partial charge is 0.139 e. The Bertz CT molecular complexity index is 643. The fourth-order valence-corrected chi connectivity index (χ4v) is 3.51. The number of fused-ring (bicyclic) bond motifs is 1. The van der Waals surface area contributed by atoms with Crippen molar-refractivity contribution >= 4 is 38.6 Å². The summed E-state index contributed by atoms with van der Waals surface area (Å²) in [6, 6.07) is 3.59. The highest BCUT2D eigenvalue weighted by Gasteiger charge is 2.24. The molecule has 3 nitrogen and oxygen atoms in total. The van der Waals surface area contributed by atoms with Crippen LogP contribution in [0, 0.1) is 5.82 Å². The molecule has 2 heterocycles. The Balaban J connectivity index is 2.14. The Morgan fingerprint density at radius 3 is 3.00 bits per heavy atom. The zero-order chi connectivity index (χ0) is 14.3. The van der Waals surface area contributed by atoms with Gasteiger partial charge in [0.25, 0.3) is 0 Å². The van der Waals surface area contributed by atoms with Crippen molar-refractivity contribution in [2.45, 2.75) is 24.8 Å². The second-order valence-corrected chi connectivity index (χ2v) is 6.47. The van der Waals surface area contributed by atoms with Crippen LogP contribution in [0.4, 0.5) is 4.39 Å². The molecule has 1 aromatic heterocycles. The molecule has 0 aliphatic carbocycles. The average molecular weight is 361 g/mol. The van der Waals surface area contributed by atoms with Crippen LogP contribution in [0.25, 0.3) is 11.0 Å². The van der Waals surface area contributed by atoms with Crippen LogP contribution in [-0.4, -0.2) is 34.6 Å². The van der Waals surface area contributed by atoms with Gasteiger partial charge in [0.1, 0.15) is 11.6 Å². The van der Waals surface area contributed by atoms with Gasteiger partial charge in [-0.25, -0.2) is 9.37 Å². The minimum atomic E-state index is -0.260. The molecule has 20 heavy (non-hydrogen) atoms. The van der Waals surface area contributed by atoms with Crippen molar-refractivity contribution in [2.75, 3.05) is 20.1 Å². The van der Waals surface area contributed by atoms with E-state index in [1.54, 1.807) is 12.1 Å². The molecule has 108 valence electrons. The van der Waals surface area contributed by atoms with E-state index in [-0.39, 0.29) is 5.82 Å².